The fourth-order valence-corrected chi connectivity index (χ4v) is 3.23. The zero-order valence-corrected chi connectivity index (χ0v) is 16.9. The van der Waals surface area contributed by atoms with E-state index in [-0.39, 0.29) is 28.3 Å². The molecule has 3 rings (SSSR count). The van der Waals surface area contributed by atoms with Gasteiger partial charge in [0.25, 0.3) is 11.6 Å². The number of furan rings is 1. The van der Waals surface area contributed by atoms with Gasteiger partial charge < -0.3 is 9.15 Å². The molecular weight excluding hydrogens is 408 g/mol. The summed E-state index contributed by atoms with van der Waals surface area (Å²) in [5, 5.41) is 23.7. The molecule has 0 radical (unpaired) electrons. The first kappa shape index (κ1) is 20.8. The van der Waals surface area contributed by atoms with Crippen molar-refractivity contribution in [2.45, 2.75) is 13.8 Å². The minimum absolute atomic E-state index is 0.178. The number of nitriles is 1. The lowest BCUT2D eigenvalue weighted by atomic mass is 10.1. The van der Waals surface area contributed by atoms with Crippen LogP contribution in [0.2, 0.25) is 0 Å². The van der Waals surface area contributed by atoms with Crippen molar-refractivity contribution in [3.63, 3.8) is 0 Å². The van der Waals surface area contributed by atoms with Gasteiger partial charge in [-0.15, -0.1) is 11.3 Å². The molecule has 2 aromatic heterocycles. The molecule has 0 aliphatic rings. The Kier molecular flexibility index (Phi) is 6.24. The van der Waals surface area contributed by atoms with Gasteiger partial charge in [0.2, 0.25) is 0 Å². The lowest BCUT2D eigenvalue weighted by molar-refractivity contribution is -0.384. The molecule has 2 heterocycles. The van der Waals surface area contributed by atoms with Gasteiger partial charge in [-0.3, -0.25) is 20.2 Å². The number of thiazole rings is 1. The van der Waals surface area contributed by atoms with Gasteiger partial charge in [0.05, 0.1) is 23.2 Å². The minimum atomic E-state index is -0.628. The van der Waals surface area contributed by atoms with E-state index in [0.29, 0.717) is 17.5 Å². The molecule has 0 unspecified atom stereocenters. The number of hydrogen-bond acceptors (Lipinski definition) is 8. The van der Waals surface area contributed by atoms with Gasteiger partial charge in [-0.1, -0.05) is 0 Å². The van der Waals surface area contributed by atoms with E-state index in [2.05, 4.69) is 10.3 Å². The smallest absolute Gasteiger partial charge is 0.284 e. The van der Waals surface area contributed by atoms with E-state index in [0.717, 1.165) is 4.88 Å². The third-order valence-corrected chi connectivity index (χ3v) is 4.69. The first-order valence-electron chi connectivity index (χ1n) is 8.78. The van der Waals surface area contributed by atoms with Gasteiger partial charge >= 0.3 is 0 Å². The number of rotatable bonds is 7. The highest BCUT2D eigenvalue weighted by Crippen LogP contribution is 2.34. The Morgan fingerprint density at radius 1 is 1.43 bits per heavy atom. The Morgan fingerprint density at radius 2 is 2.23 bits per heavy atom. The molecule has 1 N–H and O–H groups in total. The zero-order valence-electron chi connectivity index (χ0n) is 16.0. The van der Waals surface area contributed by atoms with E-state index in [1.165, 1.54) is 41.7 Å². The van der Waals surface area contributed by atoms with E-state index in [1.807, 2.05) is 13.0 Å². The van der Waals surface area contributed by atoms with E-state index in [4.69, 9.17) is 9.15 Å². The summed E-state index contributed by atoms with van der Waals surface area (Å²) < 4.78 is 10.9. The van der Waals surface area contributed by atoms with Crippen molar-refractivity contribution in [3.05, 3.63) is 62.9 Å². The highest BCUT2D eigenvalue weighted by Gasteiger charge is 2.20. The van der Waals surface area contributed by atoms with Gasteiger partial charge in [0, 0.05) is 17.2 Å². The molecule has 0 saturated carbocycles. The summed E-state index contributed by atoms with van der Waals surface area (Å²) in [4.78, 5) is 28.2. The van der Waals surface area contributed by atoms with Crippen LogP contribution in [0, 0.1) is 28.4 Å². The van der Waals surface area contributed by atoms with Crippen molar-refractivity contribution < 1.29 is 18.9 Å². The summed E-state index contributed by atoms with van der Waals surface area (Å²) in [7, 11) is 0. The van der Waals surface area contributed by atoms with E-state index in [1.54, 1.807) is 19.2 Å². The lowest BCUT2D eigenvalue weighted by Gasteiger charge is -2.05. The summed E-state index contributed by atoms with van der Waals surface area (Å²) in [6, 6.07) is 9.33. The predicted octanol–water partition coefficient (Wildman–Crippen LogP) is 4.56. The maximum Gasteiger partial charge on any atom is 0.284 e. The van der Waals surface area contributed by atoms with Gasteiger partial charge in [-0.05, 0) is 38.1 Å². The monoisotopic (exact) mass is 424 g/mol. The summed E-state index contributed by atoms with van der Waals surface area (Å²) in [6.45, 7) is 4.01. The average Bonchev–Trinajstić information content (AvgIpc) is 3.35. The topological polar surface area (TPSA) is 131 Å². The molecule has 152 valence electrons. The second-order valence-electron chi connectivity index (χ2n) is 5.97. The molecule has 0 aliphatic carbocycles. The van der Waals surface area contributed by atoms with Gasteiger partial charge in [0.15, 0.2) is 5.13 Å². The SMILES string of the molecule is CCOc1ccc(-c2ccc(/C=C(/C#N)C(=O)Nc3ncc(C)s3)o2)c([N+](=O)[O-])c1. The third-order valence-electron chi connectivity index (χ3n) is 3.86. The fourth-order valence-electron chi connectivity index (χ4n) is 2.57. The van der Waals surface area contributed by atoms with Crippen LogP contribution < -0.4 is 10.1 Å². The Hall–Kier alpha value is -3.97. The highest BCUT2D eigenvalue weighted by atomic mass is 32.1. The maximum absolute atomic E-state index is 12.3. The number of amides is 1. The number of hydrogen-bond donors (Lipinski definition) is 1. The molecule has 30 heavy (non-hydrogen) atoms. The molecule has 0 atom stereocenters. The minimum Gasteiger partial charge on any atom is -0.494 e. The second-order valence-corrected chi connectivity index (χ2v) is 7.21. The quantitative estimate of drug-likeness (QED) is 0.254. The van der Waals surface area contributed by atoms with Crippen LogP contribution in [-0.2, 0) is 4.79 Å². The van der Waals surface area contributed by atoms with Crippen LogP contribution in [0.3, 0.4) is 0 Å². The summed E-state index contributed by atoms with van der Waals surface area (Å²) in [6.07, 6.45) is 2.87. The van der Waals surface area contributed by atoms with Crippen molar-refractivity contribution in [2.24, 2.45) is 0 Å². The van der Waals surface area contributed by atoms with Crippen molar-refractivity contribution in [1.82, 2.24) is 4.98 Å². The van der Waals surface area contributed by atoms with Crippen LogP contribution in [0.15, 0.2) is 46.5 Å². The molecule has 1 aromatic carbocycles. The van der Waals surface area contributed by atoms with E-state index in [9.17, 15) is 20.2 Å². The maximum atomic E-state index is 12.3. The largest absolute Gasteiger partial charge is 0.494 e. The Balaban J connectivity index is 1.87. The third kappa shape index (κ3) is 4.71. The molecule has 0 aliphatic heterocycles. The van der Waals surface area contributed by atoms with Gasteiger partial charge in [0.1, 0.15) is 28.9 Å². The van der Waals surface area contributed by atoms with E-state index >= 15 is 0 Å². The van der Waals surface area contributed by atoms with Crippen LogP contribution >= 0.6 is 11.3 Å². The molecule has 0 fully saturated rings. The van der Waals surface area contributed by atoms with Gasteiger partial charge in [-0.25, -0.2) is 4.98 Å². The van der Waals surface area contributed by atoms with Crippen LogP contribution in [0.1, 0.15) is 17.6 Å². The number of carbonyl (C=O) groups is 1. The van der Waals surface area contributed by atoms with Crippen molar-refractivity contribution in [3.8, 4) is 23.1 Å². The summed E-state index contributed by atoms with van der Waals surface area (Å²) >= 11 is 1.28. The second kappa shape index (κ2) is 9.02. The molecule has 0 spiro atoms. The first-order valence-corrected chi connectivity index (χ1v) is 9.60. The number of carbonyl (C=O) groups excluding carboxylic acids is 1. The fraction of sp³-hybridized carbons (Fsp3) is 0.150. The molecule has 0 saturated heterocycles. The first-order chi connectivity index (χ1) is 14.4. The number of nitro benzene ring substituents is 1. The number of nitro groups is 1. The van der Waals surface area contributed by atoms with E-state index < -0.39 is 10.8 Å². The number of benzene rings is 1. The molecule has 9 nitrogen and oxygen atoms in total. The van der Waals surface area contributed by atoms with Crippen molar-refractivity contribution in [2.75, 3.05) is 11.9 Å². The number of nitrogens with zero attached hydrogens (tertiary/aromatic N) is 3. The van der Waals surface area contributed by atoms with Crippen molar-refractivity contribution in [1.29, 1.82) is 5.26 Å². The van der Waals surface area contributed by atoms with Gasteiger partial charge in [-0.2, -0.15) is 5.26 Å². The molecule has 1 amide bonds. The van der Waals surface area contributed by atoms with Crippen LogP contribution in [0.25, 0.3) is 17.4 Å². The molecule has 10 heteroatoms. The predicted molar refractivity (Wildman–Crippen MR) is 111 cm³/mol. The number of aryl methyl sites for hydroxylation is 1. The van der Waals surface area contributed by atoms with Crippen molar-refractivity contribution >= 4 is 34.1 Å². The van der Waals surface area contributed by atoms with Crippen LogP contribution in [-0.4, -0.2) is 22.4 Å². The Bertz CT molecular complexity index is 1170. The zero-order chi connectivity index (χ0) is 21.7. The summed E-state index contributed by atoms with van der Waals surface area (Å²) in [5.41, 5.74) is -0.113. The highest BCUT2D eigenvalue weighted by molar-refractivity contribution is 7.15. The number of aromatic nitrogens is 1. The summed E-state index contributed by atoms with van der Waals surface area (Å²) in [5.74, 6) is 0.178. The number of anilines is 1. The lowest BCUT2D eigenvalue weighted by Crippen LogP contribution is -2.13. The standard InChI is InChI=1S/C20H16N4O5S/c1-3-28-14-4-6-16(17(9-14)24(26)27)18-7-5-15(29-18)8-13(10-21)19(25)23-20-22-11-12(2)30-20/h4-9,11H,3H2,1-2H3,(H,22,23,25)/b13-8-. The normalized spacial score (nSPS) is 11.0. The number of ether oxygens (including phenoxy) is 1. The Morgan fingerprint density at radius 3 is 2.87 bits per heavy atom. The molecular formula is C20H16N4O5S. The Labute approximate surface area is 175 Å². The van der Waals surface area contributed by atoms with Crippen LogP contribution in [0.5, 0.6) is 5.75 Å². The molecule has 0 bridgehead atoms. The molecule has 3 aromatic rings. The number of nitrogens with one attached hydrogen (secondary N) is 1. The average molecular weight is 424 g/mol. The van der Waals surface area contributed by atoms with Crippen LogP contribution in [0.4, 0.5) is 10.8 Å².